The Morgan fingerprint density at radius 3 is 2.53 bits per heavy atom. The molecule has 0 saturated carbocycles. The van der Waals surface area contributed by atoms with Crippen LogP contribution in [0, 0.1) is 0 Å². The van der Waals surface area contributed by atoms with Crippen LogP contribution in [0.1, 0.15) is 29.1 Å². The molecule has 0 bridgehead atoms. The number of carboxylic acids is 1. The van der Waals surface area contributed by atoms with E-state index in [-0.39, 0.29) is 23.3 Å². The number of carbonyl (C=O) groups excluding carboxylic acids is 1. The highest BCUT2D eigenvalue weighted by molar-refractivity contribution is 7.99. The smallest absolute Gasteiger partial charge is 0.335 e. The standard InChI is InChI=1S/C21H23N5O3S/c1-14(25(2)3)19-23-24-21(26(19)17-10-5-4-6-11-17)30-13-18(27)22-16-9-7-8-15(12-16)20(28)29/h4-12,14H,13H2,1-3H3,(H,22,27)(H,28,29). The zero-order chi connectivity index (χ0) is 21.7. The Hall–Kier alpha value is -3.17. The molecule has 3 aromatic rings. The molecular weight excluding hydrogens is 402 g/mol. The molecule has 1 atom stereocenters. The van der Waals surface area contributed by atoms with Gasteiger partial charge in [-0.05, 0) is 51.4 Å². The van der Waals surface area contributed by atoms with Crippen molar-refractivity contribution in [3.63, 3.8) is 0 Å². The molecule has 1 aromatic heterocycles. The summed E-state index contributed by atoms with van der Waals surface area (Å²) in [6, 6.07) is 15.9. The number of carboxylic acid groups (broad SMARTS) is 1. The van der Waals surface area contributed by atoms with Gasteiger partial charge in [0.15, 0.2) is 11.0 Å². The van der Waals surface area contributed by atoms with Crippen molar-refractivity contribution in [3.8, 4) is 5.69 Å². The number of aromatic carboxylic acids is 1. The maximum atomic E-state index is 12.4. The maximum Gasteiger partial charge on any atom is 0.335 e. The van der Waals surface area contributed by atoms with Gasteiger partial charge in [0.05, 0.1) is 17.4 Å². The van der Waals surface area contributed by atoms with Gasteiger partial charge in [-0.25, -0.2) is 4.79 Å². The van der Waals surface area contributed by atoms with Crippen LogP contribution in [0.3, 0.4) is 0 Å². The third-order valence-electron chi connectivity index (χ3n) is 4.55. The number of amides is 1. The first-order valence-corrected chi connectivity index (χ1v) is 10.3. The minimum absolute atomic E-state index is 0.0274. The van der Waals surface area contributed by atoms with Crippen LogP contribution in [0.4, 0.5) is 5.69 Å². The van der Waals surface area contributed by atoms with E-state index in [2.05, 4.69) is 15.5 Å². The minimum atomic E-state index is -1.04. The molecule has 3 rings (SSSR count). The number of carbonyl (C=O) groups is 2. The van der Waals surface area contributed by atoms with E-state index in [1.165, 1.54) is 23.9 Å². The van der Waals surface area contributed by atoms with E-state index in [9.17, 15) is 9.59 Å². The molecule has 1 amide bonds. The van der Waals surface area contributed by atoms with Crippen molar-refractivity contribution in [1.82, 2.24) is 19.7 Å². The highest BCUT2D eigenvalue weighted by Gasteiger charge is 2.21. The summed E-state index contributed by atoms with van der Waals surface area (Å²) >= 11 is 1.27. The van der Waals surface area contributed by atoms with Crippen LogP contribution in [-0.2, 0) is 4.79 Å². The molecule has 0 aliphatic rings. The Morgan fingerprint density at radius 1 is 1.13 bits per heavy atom. The zero-order valence-electron chi connectivity index (χ0n) is 16.9. The average Bonchev–Trinajstić information content (AvgIpc) is 3.16. The topological polar surface area (TPSA) is 100 Å². The van der Waals surface area contributed by atoms with Crippen molar-refractivity contribution >= 4 is 29.3 Å². The first-order chi connectivity index (χ1) is 14.4. The number of hydrogen-bond donors (Lipinski definition) is 2. The van der Waals surface area contributed by atoms with Gasteiger partial charge in [-0.3, -0.25) is 14.3 Å². The number of rotatable bonds is 8. The van der Waals surface area contributed by atoms with Crippen molar-refractivity contribution in [3.05, 3.63) is 66.0 Å². The summed E-state index contributed by atoms with van der Waals surface area (Å²) < 4.78 is 1.95. The Labute approximate surface area is 178 Å². The fraction of sp³-hybridized carbons (Fsp3) is 0.238. The summed E-state index contributed by atoms with van der Waals surface area (Å²) in [4.78, 5) is 25.5. The normalized spacial score (nSPS) is 12.0. The predicted molar refractivity (Wildman–Crippen MR) is 116 cm³/mol. The quantitative estimate of drug-likeness (QED) is 0.534. The van der Waals surface area contributed by atoms with Gasteiger partial charge in [-0.2, -0.15) is 0 Å². The van der Waals surface area contributed by atoms with Gasteiger partial charge in [-0.1, -0.05) is 36.0 Å². The van der Waals surface area contributed by atoms with Gasteiger partial charge < -0.3 is 10.4 Å². The van der Waals surface area contributed by atoms with Crippen LogP contribution in [0.5, 0.6) is 0 Å². The molecule has 30 heavy (non-hydrogen) atoms. The van der Waals surface area contributed by atoms with Crippen LogP contribution in [0.25, 0.3) is 5.69 Å². The van der Waals surface area contributed by atoms with Gasteiger partial charge in [0.2, 0.25) is 5.91 Å². The van der Waals surface area contributed by atoms with E-state index in [1.807, 2.05) is 60.8 Å². The summed E-state index contributed by atoms with van der Waals surface area (Å²) in [5.41, 5.74) is 1.47. The average molecular weight is 426 g/mol. The Morgan fingerprint density at radius 2 is 1.87 bits per heavy atom. The van der Waals surface area contributed by atoms with Crippen molar-refractivity contribution in [1.29, 1.82) is 0 Å². The van der Waals surface area contributed by atoms with E-state index < -0.39 is 5.97 Å². The molecule has 0 aliphatic carbocycles. The zero-order valence-corrected chi connectivity index (χ0v) is 17.8. The number of nitrogens with zero attached hydrogens (tertiary/aromatic N) is 4. The van der Waals surface area contributed by atoms with Crippen LogP contribution >= 0.6 is 11.8 Å². The highest BCUT2D eigenvalue weighted by atomic mass is 32.2. The second kappa shape index (κ2) is 9.55. The van der Waals surface area contributed by atoms with E-state index >= 15 is 0 Å². The van der Waals surface area contributed by atoms with E-state index in [1.54, 1.807) is 12.1 Å². The van der Waals surface area contributed by atoms with Crippen molar-refractivity contribution in [2.24, 2.45) is 0 Å². The number of hydrogen-bond acceptors (Lipinski definition) is 6. The monoisotopic (exact) mass is 425 g/mol. The molecule has 0 saturated heterocycles. The lowest BCUT2D eigenvalue weighted by atomic mass is 10.2. The number of thioether (sulfide) groups is 1. The second-order valence-electron chi connectivity index (χ2n) is 6.87. The molecular formula is C21H23N5O3S. The first-order valence-electron chi connectivity index (χ1n) is 9.30. The number of aromatic nitrogens is 3. The van der Waals surface area contributed by atoms with E-state index in [0.717, 1.165) is 11.5 Å². The van der Waals surface area contributed by atoms with E-state index in [0.29, 0.717) is 10.8 Å². The van der Waals surface area contributed by atoms with Crippen molar-refractivity contribution in [2.45, 2.75) is 18.1 Å². The van der Waals surface area contributed by atoms with Crippen molar-refractivity contribution < 1.29 is 14.7 Å². The lowest BCUT2D eigenvalue weighted by molar-refractivity contribution is -0.113. The lowest BCUT2D eigenvalue weighted by Crippen LogP contribution is -2.21. The number of anilines is 1. The second-order valence-corrected chi connectivity index (χ2v) is 7.82. The summed E-state index contributed by atoms with van der Waals surface area (Å²) in [5.74, 6) is -0.409. The third-order valence-corrected chi connectivity index (χ3v) is 5.48. The molecule has 0 radical (unpaired) electrons. The van der Waals surface area contributed by atoms with Crippen LogP contribution in [-0.4, -0.2) is 56.5 Å². The molecule has 9 heteroatoms. The van der Waals surface area contributed by atoms with E-state index in [4.69, 9.17) is 5.11 Å². The van der Waals surface area contributed by atoms with Crippen LogP contribution in [0.2, 0.25) is 0 Å². The summed E-state index contributed by atoms with van der Waals surface area (Å²) in [6.07, 6.45) is 0. The van der Waals surface area contributed by atoms with Gasteiger partial charge in [0.25, 0.3) is 0 Å². The van der Waals surface area contributed by atoms with Crippen LogP contribution < -0.4 is 5.32 Å². The lowest BCUT2D eigenvalue weighted by Gasteiger charge is -2.20. The first kappa shape index (κ1) is 21.5. The SMILES string of the molecule is CC(c1nnc(SCC(=O)Nc2cccc(C(=O)O)c2)n1-c1ccccc1)N(C)C. The van der Waals surface area contributed by atoms with Crippen LogP contribution in [0.15, 0.2) is 59.8 Å². The Balaban J connectivity index is 1.77. The predicted octanol–water partition coefficient (Wildman–Crippen LogP) is 3.32. The summed E-state index contributed by atoms with van der Waals surface area (Å²) in [7, 11) is 3.94. The molecule has 2 N–H and O–H groups in total. The molecule has 1 heterocycles. The third kappa shape index (κ3) is 5.05. The molecule has 1 unspecified atom stereocenters. The van der Waals surface area contributed by atoms with Gasteiger partial charge >= 0.3 is 5.97 Å². The minimum Gasteiger partial charge on any atom is -0.478 e. The molecule has 0 aliphatic heterocycles. The molecule has 0 spiro atoms. The molecule has 2 aromatic carbocycles. The summed E-state index contributed by atoms with van der Waals surface area (Å²) in [5, 5.41) is 21.1. The fourth-order valence-electron chi connectivity index (χ4n) is 2.75. The van der Waals surface area contributed by atoms with Gasteiger partial charge in [0, 0.05) is 11.4 Å². The maximum absolute atomic E-state index is 12.4. The largest absolute Gasteiger partial charge is 0.478 e. The number of benzene rings is 2. The number of nitrogens with one attached hydrogen (secondary N) is 1. The molecule has 156 valence electrons. The fourth-order valence-corrected chi connectivity index (χ4v) is 3.51. The van der Waals surface area contributed by atoms with Gasteiger partial charge in [0.1, 0.15) is 0 Å². The summed E-state index contributed by atoms with van der Waals surface area (Å²) in [6.45, 7) is 2.04. The molecule has 8 nitrogen and oxygen atoms in total. The Kier molecular flexibility index (Phi) is 6.86. The number of para-hydroxylation sites is 1. The van der Waals surface area contributed by atoms with Gasteiger partial charge in [-0.15, -0.1) is 10.2 Å². The highest BCUT2D eigenvalue weighted by Crippen LogP contribution is 2.26. The Bertz CT molecular complexity index is 1040. The van der Waals surface area contributed by atoms with Crippen molar-refractivity contribution in [2.75, 3.05) is 25.2 Å². The molecule has 0 fully saturated rings.